The highest BCUT2D eigenvalue weighted by Gasteiger charge is 2.28. The molecule has 1 fully saturated rings. The minimum absolute atomic E-state index is 0.119. The lowest BCUT2D eigenvalue weighted by atomic mass is 9.96. The lowest BCUT2D eigenvalue weighted by molar-refractivity contribution is 0.502. The molecular formula is C33H31F2N7. The summed E-state index contributed by atoms with van der Waals surface area (Å²) in [6.45, 7) is 5.58. The van der Waals surface area contributed by atoms with Gasteiger partial charge in [-0.1, -0.05) is 12.1 Å². The number of aromatic nitrogens is 5. The van der Waals surface area contributed by atoms with Gasteiger partial charge in [-0.15, -0.1) is 0 Å². The van der Waals surface area contributed by atoms with Crippen molar-refractivity contribution in [1.29, 1.82) is 0 Å². The Morgan fingerprint density at radius 2 is 1.69 bits per heavy atom. The molecule has 1 aliphatic heterocycles. The summed E-state index contributed by atoms with van der Waals surface area (Å²) in [7, 11) is 0. The summed E-state index contributed by atoms with van der Waals surface area (Å²) >= 11 is 0. The lowest BCUT2D eigenvalue weighted by Gasteiger charge is -2.34. The van der Waals surface area contributed by atoms with Crippen molar-refractivity contribution in [2.45, 2.75) is 38.8 Å². The van der Waals surface area contributed by atoms with E-state index in [0.717, 1.165) is 82.1 Å². The van der Waals surface area contributed by atoms with Crippen molar-refractivity contribution in [1.82, 2.24) is 24.5 Å². The molecule has 1 aliphatic rings. The highest BCUT2D eigenvalue weighted by Crippen LogP contribution is 2.45. The van der Waals surface area contributed by atoms with Crippen LogP contribution in [0.25, 0.3) is 44.3 Å². The van der Waals surface area contributed by atoms with Gasteiger partial charge in [0.2, 0.25) is 0 Å². The van der Waals surface area contributed by atoms with Gasteiger partial charge in [0.1, 0.15) is 17.3 Å². The summed E-state index contributed by atoms with van der Waals surface area (Å²) < 4.78 is 31.2. The first-order valence-electron chi connectivity index (χ1n) is 14.2. The number of aromatic amines is 1. The quantitative estimate of drug-likeness (QED) is 0.242. The highest BCUT2D eigenvalue weighted by atomic mass is 19.1. The highest BCUT2D eigenvalue weighted by molar-refractivity contribution is 6.08. The van der Waals surface area contributed by atoms with E-state index in [4.69, 9.17) is 15.7 Å². The standard InChI is InChI=1S/C33H31F2N7/c1-19-3-5-28(37-15-19)20(2)42-17-27(21-4-6-29-30(13-21)40-18-39-29)31-32(41-9-7-25(36)8-10-41)26(16-38-33(31)42)22-11-23(34)14-24(35)12-22/h3-6,11-18,20,25H,7-10,36H2,1-2H3,(H,39,40). The Labute approximate surface area is 242 Å². The van der Waals surface area contributed by atoms with Crippen molar-refractivity contribution in [3.8, 4) is 22.3 Å². The van der Waals surface area contributed by atoms with Crippen LogP contribution in [-0.4, -0.2) is 43.6 Å². The molecule has 0 spiro atoms. The second kappa shape index (κ2) is 10.3. The number of hydrogen-bond donors (Lipinski definition) is 2. The number of imidazole rings is 1. The molecule has 0 saturated carbocycles. The predicted molar refractivity (Wildman–Crippen MR) is 162 cm³/mol. The normalized spacial score (nSPS) is 15.1. The van der Waals surface area contributed by atoms with E-state index in [-0.39, 0.29) is 12.1 Å². The molecule has 9 heteroatoms. The Hall–Kier alpha value is -4.63. The summed E-state index contributed by atoms with van der Waals surface area (Å²) in [5.41, 5.74) is 14.9. The molecule has 1 atom stereocenters. The van der Waals surface area contributed by atoms with E-state index in [1.54, 1.807) is 12.5 Å². The fourth-order valence-corrected chi connectivity index (χ4v) is 6.06. The SMILES string of the molecule is Cc1ccc(C(C)n2cc(-c3ccc4nc[nH]c4c3)c3c(N4CCC(N)CC4)c(-c4cc(F)cc(F)c4)cnc32)nc1. The first-order valence-corrected chi connectivity index (χ1v) is 14.2. The number of aryl methyl sites for hydroxylation is 1. The minimum Gasteiger partial charge on any atom is -0.370 e. The number of fused-ring (bicyclic) bond motifs is 2. The first-order chi connectivity index (χ1) is 20.4. The zero-order chi connectivity index (χ0) is 29.0. The van der Waals surface area contributed by atoms with Crippen LogP contribution in [0.3, 0.4) is 0 Å². The Bertz CT molecular complexity index is 1900. The predicted octanol–water partition coefficient (Wildman–Crippen LogP) is 6.77. The van der Waals surface area contributed by atoms with Crippen LogP contribution in [0, 0.1) is 18.6 Å². The van der Waals surface area contributed by atoms with Gasteiger partial charge in [-0.2, -0.15) is 0 Å². The lowest BCUT2D eigenvalue weighted by Crippen LogP contribution is -2.40. The second-order valence-electron chi connectivity index (χ2n) is 11.2. The van der Waals surface area contributed by atoms with Crippen molar-refractivity contribution in [3.05, 3.63) is 96.3 Å². The molecule has 3 N–H and O–H groups in total. The Balaban J connectivity index is 1.54. The van der Waals surface area contributed by atoms with Gasteiger partial charge >= 0.3 is 0 Å². The van der Waals surface area contributed by atoms with Crippen molar-refractivity contribution in [3.63, 3.8) is 0 Å². The summed E-state index contributed by atoms with van der Waals surface area (Å²) in [5.74, 6) is -1.25. The molecule has 6 aromatic rings. The van der Waals surface area contributed by atoms with E-state index in [9.17, 15) is 8.78 Å². The third-order valence-electron chi connectivity index (χ3n) is 8.35. The van der Waals surface area contributed by atoms with Crippen LogP contribution in [0.5, 0.6) is 0 Å². The molecule has 2 aromatic carbocycles. The number of H-pyrrole nitrogens is 1. The van der Waals surface area contributed by atoms with E-state index < -0.39 is 11.6 Å². The molecule has 7 nitrogen and oxygen atoms in total. The van der Waals surface area contributed by atoms with Gasteiger partial charge in [0.05, 0.1) is 40.2 Å². The number of piperidine rings is 1. The monoisotopic (exact) mass is 563 g/mol. The van der Waals surface area contributed by atoms with Crippen LogP contribution >= 0.6 is 0 Å². The number of benzene rings is 2. The molecule has 212 valence electrons. The molecule has 0 aliphatic carbocycles. The van der Waals surface area contributed by atoms with Gasteiger partial charge in [-0.3, -0.25) is 4.98 Å². The van der Waals surface area contributed by atoms with Gasteiger partial charge in [-0.25, -0.2) is 18.7 Å². The molecule has 42 heavy (non-hydrogen) atoms. The second-order valence-corrected chi connectivity index (χ2v) is 11.2. The van der Waals surface area contributed by atoms with E-state index in [1.807, 2.05) is 25.3 Å². The van der Waals surface area contributed by atoms with Crippen LogP contribution in [0.2, 0.25) is 0 Å². The Morgan fingerprint density at radius 1 is 0.905 bits per heavy atom. The average Bonchev–Trinajstić information content (AvgIpc) is 3.61. The molecule has 0 bridgehead atoms. The molecule has 5 heterocycles. The van der Waals surface area contributed by atoms with Crippen molar-refractivity contribution < 1.29 is 8.78 Å². The van der Waals surface area contributed by atoms with Gasteiger partial charge in [0.15, 0.2) is 0 Å². The number of pyridine rings is 2. The van der Waals surface area contributed by atoms with E-state index in [1.165, 1.54) is 12.1 Å². The smallest absolute Gasteiger partial charge is 0.143 e. The van der Waals surface area contributed by atoms with Crippen LogP contribution in [-0.2, 0) is 0 Å². The largest absolute Gasteiger partial charge is 0.370 e. The number of nitrogens with zero attached hydrogens (tertiary/aromatic N) is 5. The van der Waals surface area contributed by atoms with E-state index in [2.05, 4.69) is 50.8 Å². The molecule has 1 saturated heterocycles. The fraction of sp³-hybridized carbons (Fsp3) is 0.242. The van der Waals surface area contributed by atoms with Crippen LogP contribution in [0.15, 0.2) is 73.4 Å². The number of anilines is 1. The zero-order valence-corrected chi connectivity index (χ0v) is 23.5. The van der Waals surface area contributed by atoms with Crippen molar-refractivity contribution in [2.75, 3.05) is 18.0 Å². The number of nitrogens with one attached hydrogen (secondary N) is 1. The molecule has 0 radical (unpaired) electrons. The van der Waals surface area contributed by atoms with Crippen molar-refractivity contribution >= 4 is 27.8 Å². The molecule has 7 rings (SSSR count). The maximum atomic E-state index is 14.5. The topological polar surface area (TPSA) is 88.7 Å². The van der Waals surface area contributed by atoms with Gasteiger partial charge in [0, 0.05) is 54.9 Å². The Kier molecular flexibility index (Phi) is 6.46. The first kappa shape index (κ1) is 26.3. The van der Waals surface area contributed by atoms with Gasteiger partial charge < -0.3 is 20.2 Å². The van der Waals surface area contributed by atoms with Gasteiger partial charge in [0.25, 0.3) is 0 Å². The maximum Gasteiger partial charge on any atom is 0.143 e. The number of hydrogen-bond acceptors (Lipinski definition) is 5. The number of rotatable bonds is 5. The van der Waals surface area contributed by atoms with Crippen LogP contribution in [0.1, 0.15) is 37.1 Å². The third kappa shape index (κ3) is 4.59. The summed E-state index contributed by atoms with van der Waals surface area (Å²) in [6, 6.07) is 13.9. The average molecular weight is 564 g/mol. The Morgan fingerprint density at radius 3 is 2.43 bits per heavy atom. The maximum absolute atomic E-state index is 14.5. The molecule has 4 aromatic heterocycles. The molecule has 1 unspecified atom stereocenters. The molecule has 0 amide bonds. The van der Waals surface area contributed by atoms with Crippen LogP contribution in [0.4, 0.5) is 14.5 Å². The summed E-state index contributed by atoms with van der Waals surface area (Å²) in [4.78, 5) is 19.6. The number of nitrogens with two attached hydrogens (primary N) is 1. The van der Waals surface area contributed by atoms with Crippen molar-refractivity contribution in [2.24, 2.45) is 5.73 Å². The van der Waals surface area contributed by atoms with Gasteiger partial charge in [-0.05, 0) is 73.7 Å². The fourth-order valence-electron chi connectivity index (χ4n) is 6.06. The summed E-state index contributed by atoms with van der Waals surface area (Å²) in [6.07, 6.45) is 9.06. The summed E-state index contributed by atoms with van der Waals surface area (Å²) in [5, 5.41) is 0.922. The number of halogens is 2. The van der Waals surface area contributed by atoms with Crippen LogP contribution < -0.4 is 10.6 Å². The zero-order valence-electron chi connectivity index (χ0n) is 23.5. The van der Waals surface area contributed by atoms with E-state index in [0.29, 0.717) is 11.1 Å². The third-order valence-corrected chi connectivity index (χ3v) is 8.35. The minimum atomic E-state index is -0.627. The molecular weight excluding hydrogens is 532 g/mol. The van der Waals surface area contributed by atoms with E-state index >= 15 is 0 Å².